The lowest BCUT2D eigenvalue weighted by molar-refractivity contribution is 0.140. The second kappa shape index (κ2) is 8.24. The highest BCUT2D eigenvalue weighted by atomic mass is 32.2. The molecule has 2 aromatic heterocycles. The molecule has 0 spiro atoms. The number of rotatable bonds is 6. The first-order chi connectivity index (χ1) is 14.1. The molecule has 4 rings (SSSR count). The van der Waals surface area contributed by atoms with Crippen LogP contribution in [0.25, 0.3) is 22.3 Å². The number of aromatic nitrogens is 5. The average Bonchev–Trinajstić information content (AvgIpc) is 3.10. The predicted octanol–water partition coefficient (Wildman–Crippen LogP) is 5.70. The topological polar surface area (TPSA) is 56.5 Å². The SMILES string of the molecule is CCCn1c(Sc2nc(C(F)F)nc3ccccc23)nnc1-c1cccc(C)c1. The van der Waals surface area contributed by atoms with Gasteiger partial charge in [0.05, 0.1) is 5.52 Å². The Hall–Kier alpha value is -2.87. The molecule has 4 aromatic rings. The first kappa shape index (κ1) is 19.4. The lowest BCUT2D eigenvalue weighted by Crippen LogP contribution is -2.03. The molecule has 8 heteroatoms. The van der Waals surface area contributed by atoms with Gasteiger partial charge >= 0.3 is 0 Å². The number of hydrogen-bond acceptors (Lipinski definition) is 5. The van der Waals surface area contributed by atoms with Crippen molar-refractivity contribution < 1.29 is 8.78 Å². The molecule has 29 heavy (non-hydrogen) atoms. The normalized spacial score (nSPS) is 11.5. The molecule has 2 heterocycles. The largest absolute Gasteiger partial charge is 0.302 e. The van der Waals surface area contributed by atoms with Crippen LogP contribution in [0.2, 0.25) is 0 Å². The highest BCUT2D eigenvalue weighted by molar-refractivity contribution is 7.99. The summed E-state index contributed by atoms with van der Waals surface area (Å²) in [4.78, 5) is 8.09. The summed E-state index contributed by atoms with van der Waals surface area (Å²) in [5.74, 6) is 0.275. The minimum atomic E-state index is -2.74. The van der Waals surface area contributed by atoms with Crippen LogP contribution in [0, 0.1) is 6.92 Å². The molecule has 5 nitrogen and oxygen atoms in total. The summed E-state index contributed by atoms with van der Waals surface area (Å²) in [6.07, 6.45) is -1.85. The van der Waals surface area contributed by atoms with Crippen LogP contribution >= 0.6 is 11.8 Å². The average molecular weight is 411 g/mol. The molecule has 148 valence electrons. The van der Waals surface area contributed by atoms with E-state index in [4.69, 9.17) is 0 Å². The van der Waals surface area contributed by atoms with E-state index in [-0.39, 0.29) is 0 Å². The third-order valence-corrected chi connectivity index (χ3v) is 5.40. The van der Waals surface area contributed by atoms with Gasteiger partial charge in [0.15, 0.2) is 16.8 Å². The van der Waals surface area contributed by atoms with Crippen LogP contribution in [-0.4, -0.2) is 24.7 Å². The Balaban J connectivity index is 1.81. The van der Waals surface area contributed by atoms with Gasteiger partial charge in [-0.05, 0) is 37.2 Å². The lowest BCUT2D eigenvalue weighted by atomic mass is 10.1. The lowest BCUT2D eigenvalue weighted by Gasteiger charge is -2.11. The van der Waals surface area contributed by atoms with Crippen LogP contribution in [-0.2, 0) is 6.54 Å². The first-order valence-electron chi connectivity index (χ1n) is 9.29. The molecule has 0 aliphatic heterocycles. The summed E-state index contributed by atoms with van der Waals surface area (Å²) >= 11 is 1.24. The molecule has 0 radical (unpaired) electrons. The zero-order valence-electron chi connectivity index (χ0n) is 16.0. The van der Waals surface area contributed by atoms with Crippen molar-refractivity contribution in [2.45, 2.75) is 43.4 Å². The van der Waals surface area contributed by atoms with Gasteiger partial charge in [-0.2, -0.15) is 0 Å². The van der Waals surface area contributed by atoms with E-state index < -0.39 is 12.2 Å². The Morgan fingerprint density at radius 1 is 1.03 bits per heavy atom. The maximum atomic E-state index is 13.3. The Bertz CT molecular complexity index is 1160. The van der Waals surface area contributed by atoms with Gasteiger partial charge in [0.2, 0.25) is 0 Å². The van der Waals surface area contributed by atoms with Gasteiger partial charge in [-0.3, -0.25) is 0 Å². The molecule has 0 N–H and O–H groups in total. The third-order valence-electron chi connectivity index (χ3n) is 4.41. The van der Waals surface area contributed by atoms with Gasteiger partial charge < -0.3 is 4.57 Å². The van der Waals surface area contributed by atoms with Crippen LogP contribution in [0.15, 0.2) is 58.7 Å². The predicted molar refractivity (Wildman–Crippen MR) is 109 cm³/mol. The molecular weight excluding hydrogens is 392 g/mol. The number of nitrogens with zero attached hydrogens (tertiary/aromatic N) is 5. The van der Waals surface area contributed by atoms with Crippen LogP contribution in [0.4, 0.5) is 8.78 Å². The fourth-order valence-electron chi connectivity index (χ4n) is 3.11. The fourth-order valence-corrected chi connectivity index (χ4v) is 4.08. The van der Waals surface area contributed by atoms with Crippen LogP contribution in [0.5, 0.6) is 0 Å². The number of fused-ring (bicyclic) bond motifs is 1. The number of aryl methyl sites for hydroxylation is 1. The van der Waals surface area contributed by atoms with Gasteiger partial charge in [0, 0.05) is 17.5 Å². The van der Waals surface area contributed by atoms with E-state index in [0.717, 1.165) is 23.4 Å². The number of hydrogen-bond donors (Lipinski definition) is 0. The minimum Gasteiger partial charge on any atom is -0.302 e. The molecule has 0 saturated carbocycles. The molecule has 0 amide bonds. The van der Waals surface area contributed by atoms with Crippen LogP contribution in [0.1, 0.15) is 31.2 Å². The summed E-state index contributed by atoms with van der Waals surface area (Å²) in [5, 5.41) is 10.5. The van der Waals surface area contributed by atoms with Gasteiger partial charge in [0.1, 0.15) is 5.03 Å². The fraction of sp³-hybridized carbons (Fsp3) is 0.238. The smallest absolute Gasteiger partial charge is 0.297 e. The highest BCUT2D eigenvalue weighted by Crippen LogP contribution is 2.34. The van der Waals surface area contributed by atoms with E-state index >= 15 is 0 Å². The standard InChI is InChI=1S/C21H19F2N5S/c1-3-11-28-19(14-8-6-7-13(2)12-14)26-27-21(28)29-20-15-9-4-5-10-16(15)24-18(25-20)17(22)23/h4-10,12,17H,3,11H2,1-2H3. The van der Waals surface area contributed by atoms with Crippen molar-refractivity contribution in [3.8, 4) is 11.4 Å². The maximum absolute atomic E-state index is 13.3. The molecule has 0 unspecified atom stereocenters. The van der Waals surface area contributed by atoms with Crippen molar-refractivity contribution in [3.63, 3.8) is 0 Å². The third kappa shape index (κ3) is 3.98. The van der Waals surface area contributed by atoms with Crippen molar-refractivity contribution in [1.29, 1.82) is 0 Å². The van der Waals surface area contributed by atoms with Gasteiger partial charge in [0.25, 0.3) is 6.43 Å². The zero-order chi connectivity index (χ0) is 20.4. The Morgan fingerprint density at radius 3 is 2.62 bits per heavy atom. The molecule has 0 atom stereocenters. The van der Waals surface area contributed by atoms with E-state index in [1.54, 1.807) is 12.1 Å². The molecule has 0 bridgehead atoms. The van der Waals surface area contributed by atoms with Gasteiger partial charge in [-0.25, -0.2) is 18.7 Å². The second-order valence-electron chi connectivity index (χ2n) is 6.63. The van der Waals surface area contributed by atoms with E-state index in [9.17, 15) is 8.78 Å². The number of alkyl halides is 2. The van der Waals surface area contributed by atoms with E-state index in [0.29, 0.717) is 27.6 Å². The molecule has 0 fully saturated rings. The van der Waals surface area contributed by atoms with E-state index in [1.807, 2.05) is 41.8 Å². The summed E-state index contributed by atoms with van der Waals surface area (Å²) in [7, 11) is 0. The molecule has 0 aliphatic carbocycles. The van der Waals surface area contributed by atoms with Gasteiger partial charge in [-0.1, -0.05) is 48.9 Å². The maximum Gasteiger partial charge on any atom is 0.297 e. The number of halogens is 2. The van der Waals surface area contributed by atoms with Crippen molar-refractivity contribution in [1.82, 2.24) is 24.7 Å². The Kier molecular flexibility index (Phi) is 5.53. The van der Waals surface area contributed by atoms with Crippen molar-refractivity contribution >= 4 is 22.7 Å². The summed E-state index contributed by atoms with van der Waals surface area (Å²) in [6.45, 7) is 4.81. The number of para-hydroxylation sites is 1. The first-order valence-corrected chi connectivity index (χ1v) is 10.1. The van der Waals surface area contributed by atoms with Crippen molar-refractivity contribution in [2.24, 2.45) is 0 Å². The summed E-state index contributed by atoms with van der Waals surface area (Å²) in [6, 6.07) is 15.2. The number of benzene rings is 2. The molecule has 0 aliphatic rings. The monoisotopic (exact) mass is 411 g/mol. The minimum absolute atomic E-state index is 0.450. The van der Waals surface area contributed by atoms with E-state index in [1.165, 1.54) is 11.8 Å². The quantitative estimate of drug-likeness (QED) is 0.381. The summed E-state index contributed by atoms with van der Waals surface area (Å²) in [5.41, 5.74) is 2.59. The second-order valence-corrected chi connectivity index (χ2v) is 7.59. The van der Waals surface area contributed by atoms with Crippen LogP contribution in [0.3, 0.4) is 0 Å². The molecule has 2 aromatic carbocycles. The van der Waals surface area contributed by atoms with Crippen LogP contribution < -0.4 is 0 Å². The van der Waals surface area contributed by atoms with E-state index in [2.05, 4.69) is 33.2 Å². The highest BCUT2D eigenvalue weighted by Gasteiger charge is 2.19. The summed E-state index contributed by atoms with van der Waals surface area (Å²) < 4.78 is 28.6. The Morgan fingerprint density at radius 2 is 1.86 bits per heavy atom. The van der Waals surface area contributed by atoms with Crippen molar-refractivity contribution in [2.75, 3.05) is 0 Å². The van der Waals surface area contributed by atoms with Crippen molar-refractivity contribution in [3.05, 3.63) is 59.9 Å². The molecular formula is C21H19F2N5S. The zero-order valence-corrected chi connectivity index (χ0v) is 16.8. The Labute approximate surface area is 171 Å². The van der Waals surface area contributed by atoms with Gasteiger partial charge in [-0.15, -0.1) is 10.2 Å². The molecule has 0 saturated heterocycles.